The Hall–Kier alpha value is -3.10. The fourth-order valence-electron chi connectivity index (χ4n) is 2.86. The first-order valence-electron chi connectivity index (χ1n) is 9.87. The molecule has 0 aliphatic rings. The molecule has 31 heavy (non-hydrogen) atoms. The number of nitrogens with zero attached hydrogens (tertiary/aromatic N) is 2. The number of hydrogen-bond donors (Lipinski definition) is 1. The molecule has 1 N–H and O–H groups in total. The first kappa shape index (κ1) is 24.2. The molecule has 1 amide bonds. The highest BCUT2D eigenvalue weighted by molar-refractivity contribution is 5.95. The van der Waals surface area contributed by atoms with Crippen molar-refractivity contribution in [3.63, 3.8) is 0 Å². The van der Waals surface area contributed by atoms with Crippen LogP contribution in [0.15, 0.2) is 24.3 Å². The van der Waals surface area contributed by atoms with Crippen molar-refractivity contribution >= 4 is 11.7 Å². The van der Waals surface area contributed by atoms with Crippen LogP contribution in [0.25, 0.3) is 0 Å². The van der Waals surface area contributed by atoms with Crippen molar-refractivity contribution in [3.05, 3.63) is 46.8 Å². The van der Waals surface area contributed by atoms with Crippen LogP contribution < -0.4 is 14.8 Å². The van der Waals surface area contributed by atoms with Gasteiger partial charge in [0.1, 0.15) is 5.78 Å². The molecule has 1 atom stereocenters. The molecular formula is C22H27F2N3O4. The van der Waals surface area contributed by atoms with Gasteiger partial charge in [-0.15, -0.1) is 0 Å². The van der Waals surface area contributed by atoms with E-state index in [2.05, 4.69) is 15.3 Å². The molecule has 7 nitrogen and oxygen atoms in total. The van der Waals surface area contributed by atoms with Crippen LogP contribution in [0.5, 0.6) is 11.8 Å². The van der Waals surface area contributed by atoms with Crippen LogP contribution in [0.4, 0.5) is 8.78 Å². The number of carbonyl (C=O) groups excluding carboxylic acids is 2. The Bertz CT molecular complexity index is 935. The first-order chi connectivity index (χ1) is 14.6. The lowest BCUT2D eigenvalue weighted by Gasteiger charge is -2.18. The third-order valence-electron chi connectivity index (χ3n) is 4.50. The fourth-order valence-corrected chi connectivity index (χ4v) is 2.86. The topological polar surface area (TPSA) is 90.4 Å². The van der Waals surface area contributed by atoms with E-state index < -0.39 is 19.1 Å². The number of methoxy groups -OCH3 is 1. The summed E-state index contributed by atoms with van der Waals surface area (Å²) in [6.07, 6.45) is -2.46. The predicted octanol–water partition coefficient (Wildman–Crippen LogP) is 3.70. The van der Waals surface area contributed by atoms with Crippen LogP contribution in [0, 0.1) is 12.8 Å². The average molecular weight is 435 g/mol. The molecule has 2 heterocycles. The summed E-state index contributed by atoms with van der Waals surface area (Å²) in [6, 6.07) is 5.79. The standard InChI is InChI=1S/C22H27F2N3O4/c1-12(2)18(28)10-16-9-15(8-13(3)25-16)21(29)26-14(4)17-6-7-20(27-22(17)30-5)31-11-19(23)24/h6-9,12,14,19H,10-11H2,1-5H3,(H,26,29). The summed E-state index contributed by atoms with van der Waals surface area (Å²) >= 11 is 0. The van der Waals surface area contributed by atoms with Crippen molar-refractivity contribution in [1.29, 1.82) is 0 Å². The molecule has 0 aliphatic heterocycles. The van der Waals surface area contributed by atoms with Gasteiger partial charge in [0, 0.05) is 40.9 Å². The Balaban J connectivity index is 2.16. The number of Topliss-reactive ketones (excluding diaryl/α,β-unsaturated/α-hetero) is 1. The molecule has 2 aromatic heterocycles. The van der Waals surface area contributed by atoms with E-state index in [9.17, 15) is 18.4 Å². The van der Waals surface area contributed by atoms with Gasteiger partial charge < -0.3 is 14.8 Å². The number of pyridine rings is 2. The molecule has 2 aromatic rings. The fraction of sp³-hybridized carbons (Fsp3) is 0.455. The minimum atomic E-state index is -2.62. The minimum absolute atomic E-state index is 0.00338. The highest BCUT2D eigenvalue weighted by Gasteiger charge is 2.19. The average Bonchev–Trinajstić information content (AvgIpc) is 2.71. The van der Waals surface area contributed by atoms with E-state index in [0.29, 0.717) is 22.5 Å². The van der Waals surface area contributed by atoms with Crippen molar-refractivity contribution in [2.24, 2.45) is 5.92 Å². The van der Waals surface area contributed by atoms with Gasteiger partial charge in [0.15, 0.2) is 6.61 Å². The van der Waals surface area contributed by atoms with Crippen LogP contribution in [-0.4, -0.2) is 41.8 Å². The van der Waals surface area contributed by atoms with Crippen LogP contribution in [0.2, 0.25) is 0 Å². The number of ketones is 1. The Kier molecular flexibility index (Phi) is 8.41. The van der Waals surface area contributed by atoms with Crippen LogP contribution in [0.1, 0.15) is 54.1 Å². The molecule has 0 bridgehead atoms. The molecule has 0 saturated carbocycles. The van der Waals surface area contributed by atoms with E-state index in [1.165, 1.54) is 13.2 Å². The smallest absolute Gasteiger partial charge is 0.272 e. The van der Waals surface area contributed by atoms with E-state index in [-0.39, 0.29) is 35.8 Å². The molecule has 0 aliphatic carbocycles. The van der Waals surface area contributed by atoms with Gasteiger partial charge in [0.25, 0.3) is 12.3 Å². The zero-order chi connectivity index (χ0) is 23.1. The Labute approximate surface area is 180 Å². The quantitative estimate of drug-likeness (QED) is 0.612. The number of amides is 1. The van der Waals surface area contributed by atoms with Crippen molar-refractivity contribution in [3.8, 4) is 11.8 Å². The normalized spacial score (nSPS) is 12.0. The molecule has 0 spiro atoms. The minimum Gasteiger partial charge on any atom is -0.481 e. The maximum absolute atomic E-state index is 12.8. The second kappa shape index (κ2) is 10.8. The van der Waals surface area contributed by atoms with Crippen LogP contribution >= 0.6 is 0 Å². The van der Waals surface area contributed by atoms with E-state index in [0.717, 1.165) is 0 Å². The van der Waals surface area contributed by atoms with Crippen molar-refractivity contribution in [2.75, 3.05) is 13.7 Å². The van der Waals surface area contributed by atoms with Gasteiger partial charge in [-0.3, -0.25) is 14.6 Å². The molecule has 0 radical (unpaired) electrons. The largest absolute Gasteiger partial charge is 0.481 e. The van der Waals surface area contributed by atoms with E-state index in [4.69, 9.17) is 9.47 Å². The number of nitrogens with one attached hydrogen (secondary N) is 1. The number of rotatable bonds is 10. The molecule has 9 heteroatoms. The lowest BCUT2D eigenvalue weighted by molar-refractivity contribution is -0.121. The number of aryl methyl sites for hydroxylation is 1. The SMILES string of the molecule is COc1nc(OCC(F)F)ccc1C(C)NC(=O)c1cc(C)nc(CC(=O)C(C)C)c1. The summed E-state index contributed by atoms with van der Waals surface area (Å²) in [5.41, 5.74) is 2.11. The number of ether oxygens (including phenoxy) is 2. The highest BCUT2D eigenvalue weighted by Crippen LogP contribution is 2.26. The second-order valence-electron chi connectivity index (χ2n) is 7.43. The molecule has 0 saturated heterocycles. The lowest BCUT2D eigenvalue weighted by Crippen LogP contribution is -2.27. The third kappa shape index (κ3) is 6.97. The Morgan fingerprint density at radius 2 is 1.84 bits per heavy atom. The molecule has 168 valence electrons. The van der Waals surface area contributed by atoms with E-state index in [1.54, 1.807) is 32.0 Å². The molecule has 0 fully saturated rings. The lowest BCUT2D eigenvalue weighted by atomic mass is 10.0. The second-order valence-corrected chi connectivity index (χ2v) is 7.43. The molecule has 2 rings (SSSR count). The summed E-state index contributed by atoms with van der Waals surface area (Å²) in [4.78, 5) is 33.2. The van der Waals surface area contributed by atoms with Crippen LogP contribution in [-0.2, 0) is 11.2 Å². The number of halogens is 2. The number of hydrogen-bond acceptors (Lipinski definition) is 6. The van der Waals surface area contributed by atoms with Gasteiger partial charge in [0.2, 0.25) is 11.8 Å². The summed E-state index contributed by atoms with van der Waals surface area (Å²) < 4.78 is 34.8. The molecule has 0 aromatic carbocycles. The number of alkyl halides is 2. The number of aromatic nitrogens is 2. The van der Waals surface area contributed by atoms with Gasteiger partial charge in [-0.1, -0.05) is 13.8 Å². The molecule has 1 unspecified atom stereocenters. The van der Waals surface area contributed by atoms with Gasteiger partial charge >= 0.3 is 0 Å². The Morgan fingerprint density at radius 1 is 1.13 bits per heavy atom. The predicted molar refractivity (Wildman–Crippen MR) is 111 cm³/mol. The molecular weight excluding hydrogens is 408 g/mol. The zero-order valence-corrected chi connectivity index (χ0v) is 18.2. The number of carbonyl (C=O) groups is 2. The maximum atomic E-state index is 12.8. The van der Waals surface area contributed by atoms with E-state index >= 15 is 0 Å². The van der Waals surface area contributed by atoms with Gasteiger partial charge in [-0.05, 0) is 32.0 Å². The summed E-state index contributed by atoms with van der Waals surface area (Å²) in [7, 11) is 1.39. The highest BCUT2D eigenvalue weighted by atomic mass is 19.3. The van der Waals surface area contributed by atoms with E-state index in [1.807, 2.05) is 13.8 Å². The first-order valence-corrected chi connectivity index (χ1v) is 9.87. The van der Waals surface area contributed by atoms with Crippen molar-refractivity contribution < 1.29 is 27.8 Å². The third-order valence-corrected chi connectivity index (χ3v) is 4.50. The van der Waals surface area contributed by atoms with Gasteiger partial charge in [0.05, 0.1) is 13.2 Å². The van der Waals surface area contributed by atoms with Crippen molar-refractivity contribution in [2.45, 2.75) is 46.6 Å². The summed E-state index contributed by atoms with van der Waals surface area (Å²) in [5, 5.41) is 2.85. The monoisotopic (exact) mass is 435 g/mol. The maximum Gasteiger partial charge on any atom is 0.272 e. The summed E-state index contributed by atoms with van der Waals surface area (Å²) in [5.74, 6) is -0.260. The van der Waals surface area contributed by atoms with Crippen LogP contribution in [0.3, 0.4) is 0 Å². The van der Waals surface area contributed by atoms with Gasteiger partial charge in [-0.2, -0.15) is 4.98 Å². The van der Waals surface area contributed by atoms with Crippen molar-refractivity contribution in [1.82, 2.24) is 15.3 Å². The zero-order valence-electron chi connectivity index (χ0n) is 18.2. The summed E-state index contributed by atoms with van der Waals surface area (Å²) in [6.45, 7) is 6.37. The Morgan fingerprint density at radius 3 is 2.45 bits per heavy atom. The van der Waals surface area contributed by atoms with Gasteiger partial charge in [-0.25, -0.2) is 8.78 Å².